The van der Waals surface area contributed by atoms with Gasteiger partial charge in [-0.25, -0.2) is 0 Å². The highest BCUT2D eigenvalue weighted by atomic mass is 16.5. The van der Waals surface area contributed by atoms with Gasteiger partial charge in [-0.05, 0) is 102 Å². The summed E-state index contributed by atoms with van der Waals surface area (Å²) in [6.45, 7) is 11.0. The van der Waals surface area contributed by atoms with E-state index in [1.54, 1.807) is 0 Å². The molecule has 172 valence electrons. The number of aromatic nitrogens is 1. The highest BCUT2D eigenvalue weighted by molar-refractivity contribution is 6.09. The lowest BCUT2D eigenvalue weighted by Crippen LogP contribution is -2.21. The summed E-state index contributed by atoms with van der Waals surface area (Å²) in [5.41, 5.74) is 3.51. The zero-order valence-electron chi connectivity index (χ0n) is 19.5. The predicted octanol–water partition coefficient (Wildman–Crippen LogP) is 5.36. The summed E-state index contributed by atoms with van der Waals surface area (Å²) in [6, 6.07) is 10.7. The fourth-order valence-electron chi connectivity index (χ4n) is 5.28. The van der Waals surface area contributed by atoms with Crippen LogP contribution in [0.2, 0.25) is 0 Å². The van der Waals surface area contributed by atoms with Gasteiger partial charge in [-0.15, -0.1) is 0 Å². The maximum atomic E-state index is 6.16. The van der Waals surface area contributed by atoms with Crippen molar-refractivity contribution in [3.05, 3.63) is 35.9 Å². The summed E-state index contributed by atoms with van der Waals surface area (Å²) in [4.78, 5) is 8.69. The van der Waals surface area contributed by atoms with Gasteiger partial charge in [0.05, 0.1) is 18.7 Å². The summed E-state index contributed by atoms with van der Waals surface area (Å²) >= 11 is 0. The van der Waals surface area contributed by atoms with Crippen molar-refractivity contribution < 1.29 is 9.47 Å². The molecule has 0 atom stereocenters. The molecule has 0 spiro atoms. The van der Waals surface area contributed by atoms with Crippen LogP contribution in [0, 0.1) is 6.92 Å². The van der Waals surface area contributed by atoms with Crippen molar-refractivity contribution in [3.8, 4) is 11.5 Å². The fourth-order valence-corrected chi connectivity index (χ4v) is 5.28. The molecule has 5 nitrogen and oxygen atoms in total. The van der Waals surface area contributed by atoms with E-state index < -0.39 is 0 Å². The second-order valence-electron chi connectivity index (χ2n) is 9.45. The van der Waals surface area contributed by atoms with Crippen LogP contribution in [0.1, 0.15) is 44.1 Å². The van der Waals surface area contributed by atoms with Crippen LogP contribution < -0.4 is 9.47 Å². The number of hydrogen-bond acceptors (Lipinski definition) is 4. The van der Waals surface area contributed by atoms with Crippen LogP contribution in [0.4, 0.5) is 0 Å². The standard InChI is InChI=1S/C27H37N3O2/c1-21-26(32-19-7-17-30-14-4-5-15-30)11-9-23-24-20-22(8-10-25(24)28-27(21)23)31-18-6-16-29-12-2-3-13-29/h8-11,20,28H,2-7,12-19H2,1H3. The number of likely N-dealkylation sites (tertiary alicyclic amines) is 2. The van der Waals surface area contributed by atoms with Crippen LogP contribution in [0.15, 0.2) is 30.3 Å². The van der Waals surface area contributed by atoms with Crippen molar-refractivity contribution in [2.24, 2.45) is 0 Å². The van der Waals surface area contributed by atoms with E-state index in [1.165, 1.54) is 73.7 Å². The lowest BCUT2D eigenvalue weighted by molar-refractivity contribution is 0.262. The van der Waals surface area contributed by atoms with E-state index in [1.807, 2.05) is 0 Å². The molecule has 3 heterocycles. The van der Waals surface area contributed by atoms with E-state index in [0.717, 1.165) is 56.2 Å². The van der Waals surface area contributed by atoms with Crippen molar-refractivity contribution in [3.63, 3.8) is 0 Å². The van der Waals surface area contributed by atoms with Gasteiger partial charge in [0.25, 0.3) is 0 Å². The van der Waals surface area contributed by atoms with Gasteiger partial charge in [-0.2, -0.15) is 0 Å². The van der Waals surface area contributed by atoms with Gasteiger partial charge in [0.15, 0.2) is 0 Å². The van der Waals surface area contributed by atoms with Gasteiger partial charge in [0.1, 0.15) is 11.5 Å². The molecule has 5 rings (SSSR count). The highest BCUT2D eigenvalue weighted by Gasteiger charge is 2.14. The maximum Gasteiger partial charge on any atom is 0.124 e. The van der Waals surface area contributed by atoms with Crippen LogP contribution in [0.3, 0.4) is 0 Å². The van der Waals surface area contributed by atoms with E-state index in [4.69, 9.17) is 9.47 Å². The van der Waals surface area contributed by atoms with Gasteiger partial charge in [0.2, 0.25) is 0 Å². The smallest absolute Gasteiger partial charge is 0.124 e. The lowest BCUT2D eigenvalue weighted by atomic mass is 10.1. The molecule has 2 saturated heterocycles. The third-order valence-corrected chi connectivity index (χ3v) is 7.12. The largest absolute Gasteiger partial charge is 0.494 e. The molecule has 1 aromatic heterocycles. The zero-order valence-corrected chi connectivity index (χ0v) is 19.5. The first-order valence-corrected chi connectivity index (χ1v) is 12.5. The SMILES string of the molecule is Cc1c(OCCCN2CCCC2)ccc2c1[nH]c1ccc(OCCCN3CCCC3)cc12. The van der Waals surface area contributed by atoms with Crippen LogP contribution in [-0.4, -0.2) is 67.3 Å². The third kappa shape index (κ3) is 4.89. The molecule has 5 heteroatoms. The number of ether oxygens (including phenoxy) is 2. The Morgan fingerprint density at radius 1 is 0.781 bits per heavy atom. The number of benzene rings is 2. The van der Waals surface area contributed by atoms with E-state index in [9.17, 15) is 0 Å². The number of aromatic amines is 1. The summed E-state index contributed by atoms with van der Waals surface area (Å²) < 4.78 is 12.2. The first-order chi connectivity index (χ1) is 15.8. The van der Waals surface area contributed by atoms with Crippen LogP contribution >= 0.6 is 0 Å². The highest BCUT2D eigenvalue weighted by Crippen LogP contribution is 2.34. The van der Waals surface area contributed by atoms with Crippen LogP contribution in [-0.2, 0) is 0 Å². The molecule has 2 aliphatic rings. The third-order valence-electron chi connectivity index (χ3n) is 7.12. The summed E-state index contributed by atoms with van der Waals surface area (Å²) in [6.07, 6.45) is 7.57. The maximum absolute atomic E-state index is 6.16. The van der Waals surface area contributed by atoms with E-state index in [-0.39, 0.29) is 0 Å². The van der Waals surface area contributed by atoms with E-state index in [2.05, 4.69) is 52.0 Å². The molecule has 2 fully saturated rings. The molecule has 1 N–H and O–H groups in total. The number of H-pyrrole nitrogens is 1. The molecule has 3 aromatic rings. The average molecular weight is 436 g/mol. The molecular formula is C27H37N3O2. The lowest BCUT2D eigenvalue weighted by Gasteiger charge is -2.15. The van der Waals surface area contributed by atoms with Crippen molar-refractivity contribution >= 4 is 21.8 Å². The number of aryl methyl sites for hydroxylation is 1. The van der Waals surface area contributed by atoms with Crippen LogP contribution in [0.5, 0.6) is 11.5 Å². The van der Waals surface area contributed by atoms with Crippen molar-refractivity contribution in [1.82, 2.24) is 14.8 Å². The average Bonchev–Trinajstić information content (AvgIpc) is 3.57. The predicted molar refractivity (Wildman–Crippen MR) is 132 cm³/mol. The number of rotatable bonds is 10. The first-order valence-electron chi connectivity index (χ1n) is 12.5. The summed E-state index contributed by atoms with van der Waals surface area (Å²) in [5, 5.41) is 2.46. The quantitative estimate of drug-likeness (QED) is 0.435. The molecule has 0 aliphatic carbocycles. The Labute approximate surface area is 191 Å². The Hall–Kier alpha value is -2.24. The summed E-state index contributed by atoms with van der Waals surface area (Å²) in [5.74, 6) is 1.95. The number of nitrogens with one attached hydrogen (secondary N) is 1. The monoisotopic (exact) mass is 435 g/mol. The van der Waals surface area contributed by atoms with Gasteiger partial charge < -0.3 is 24.3 Å². The summed E-state index contributed by atoms with van der Waals surface area (Å²) in [7, 11) is 0. The second kappa shape index (κ2) is 10.1. The normalized spacial score (nSPS) is 17.7. The van der Waals surface area contributed by atoms with Crippen molar-refractivity contribution in [2.75, 3.05) is 52.5 Å². The zero-order chi connectivity index (χ0) is 21.8. The van der Waals surface area contributed by atoms with Gasteiger partial charge in [-0.3, -0.25) is 0 Å². The molecular weight excluding hydrogens is 398 g/mol. The molecule has 0 radical (unpaired) electrons. The van der Waals surface area contributed by atoms with Crippen molar-refractivity contribution in [1.29, 1.82) is 0 Å². The second-order valence-corrected chi connectivity index (χ2v) is 9.45. The van der Waals surface area contributed by atoms with Gasteiger partial charge in [-0.1, -0.05) is 0 Å². The van der Waals surface area contributed by atoms with Gasteiger partial charge >= 0.3 is 0 Å². The minimum absolute atomic E-state index is 0.776. The minimum Gasteiger partial charge on any atom is -0.494 e. The number of nitrogens with zero attached hydrogens (tertiary/aromatic N) is 2. The van der Waals surface area contributed by atoms with E-state index in [0.29, 0.717) is 0 Å². The van der Waals surface area contributed by atoms with Crippen LogP contribution in [0.25, 0.3) is 21.8 Å². The Kier molecular flexibility index (Phi) is 6.84. The molecule has 0 bridgehead atoms. The topological polar surface area (TPSA) is 40.7 Å². The molecule has 2 aromatic carbocycles. The number of hydrogen-bond donors (Lipinski definition) is 1. The first kappa shape index (κ1) is 21.6. The Balaban J connectivity index is 1.21. The van der Waals surface area contributed by atoms with E-state index >= 15 is 0 Å². The van der Waals surface area contributed by atoms with Gasteiger partial charge in [0, 0.05) is 34.9 Å². The molecule has 0 saturated carbocycles. The Morgan fingerprint density at radius 2 is 1.44 bits per heavy atom. The minimum atomic E-state index is 0.776. The Morgan fingerprint density at radius 3 is 2.12 bits per heavy atom. The molecule has 0 unspecified atom stereocenters. The molecule has 32 heavy (non-hydrogen) atoms. The Bertz CT molecular complexity index is 1030. The van der Waals surface area contributed by atoms with Crippen molar-refractivity contribution in [2.45, 2.75) is 45.4 Å². The molecule has 2 aliphatic heterocycles. The number of fused-ring (bicyclic) bond motifs is 3. The molecule has 0 amide bonds. The fraction of sp³-hybridized carbons (Fsp3) is 0.556.